The Morgan fingerprint density at radius 1 is 0.343 bits per heavy atom. The van der Waals surface area contributed by atoms with Crippen LogP contribution < -0.4 is 0 Å². The van der Waals surface area contributed by atoms with Gasteiger partial charge < -0.3 is 14.6 Å². The van der Waals surface area contributed by atoms with Crippen molar-refractivity contribution in [2.24, 2.45) is 0 Å². The number of aliphatic hydroxyl groups is 1. The third-order valence-electron chi connectivity index (χ3n) is 13.5. The van der Waals surface area contributed by atoms with Gasteiger partial charge in [0.25, 0.3) is 0 Å². The van der Waals surface area contributed by atoms with E-state index >= 15 is 0 Å². The Kier molecular flexibility index (Phi) is 58.3. The second-order valence-electron chi connectivity index (χ2n) is 20.4. The Morgan fingerprint density at radius 3 is 0.929 bits per heavy atom. The molecular weight excluding hydrogens is 861 g/mol. The summed E-state index contributed by atoms with van der Waals surface area (Å²) in [4.78, 5) is 24.5. The fourth-order valence-electron chi connectivity index (χ4n) is 8.93. The van der Waals surface area contributed by atoms with E-state index in [-0.39, 0.29) is 25.2 Å². The van der Waals surface area contributed by atoms with Gasteiger partial charge in [-0.3, -0.25) is 9.59 Å². The smallest absolute Gasteiger partial charge is 0.306 e. The number of unbranched alkanes of at least 4 members (excludes halogenated alkanes) is 36. The maximum Gasteiger partial charge on any atom is 0.306 e. The molecule has 406 valence electrons. The van der Waals surface area contributed by atoms with Crippen molar-refractivity contribution in [2.45, 2.75) is 315 Å². The number of rotatable bonds is 56. The molecule has 5 nitrogen and oxygen atoms in total. The van der Waals surface area contributed by atoms with Gasteiger partial charge in [-0.05, 0) is 83.5 Å². The summed E-state index contributed by atoms with van der Waals surface area (Å²) < 4.78 is 10.7. The molecule has 0 aromatic carbocycles. The molecule has 0 aromatic heterocycles. The largest absolute Gasteiger partial charge is 0.462 e. The van der Waals surface area contributed by atoms with Crippen LogP contribution in [0, 0.1) is 0 Å². The second-order valence-corrected chi connectivity index (χ2v) is 20.4. The Morgan fingerprint density at radius 2 is 0.614 bits per heavy atom. The molecule has 0 heterocycles. The summed E-state index contributed by atoms with van der Waals surface area (Å²) in [6, 6.07) is 0. The minimum atomic E-state index is -0.780. The van der Waals surface area contributed by atoms with Crippen molar-refractivity contribution in [2.75, 3.05) is 13.2 Å². The summed E-state index contributed by atoms with van der Waals surface area (Å²) in [6.45, 7) is 4.02. The van der Waals surface area contributed by atoms with Crippen LogP contribution in [0.1, 0.15) is 309 Å². The van der Waals surface area contributed by atoms with Crippen LogP contribution in [0.25, 0.3) is 0 Å². The number of esters is 2. The van der Waals surface area contributed by atoms with Crippen molar-refractivity contribution in [1.82, 2.24) is 0 Å². The van der Waals surface area contributed by atoms with Gasteiger partial charge in [0.2, 0.25) is 0 Å². The second kappa shape index (κ2) is 60.6. The van der Waals surface area contributed by atoms with Crippen LogP contribution >= 0.6 is 0 Å². The highest BCUT2D eigenvalue weighted by atomic mass is 16.6. The molecular formula is C65H116O5. The first kappa shape index (κ1) is 67.3. The van der Waals surface area contributed by atoms with Crippen molar-refractivity contribution >= 4 is 11.9 Å². The molecule has 0 fully saturated rings. The lowest BCUT2D eigenvalue weighted by molar-refractivity contribution is -0.161. The van der Waals surface area contributed by atoms with Gasteiger partial charge in [-0.25, -0.2) is 0 Å². The van der Waals surface area contributed by atoms with Crippen LogP contribution in [-0.4, -0.2) is 36.4 Å². The molecule has 5 heteroatoms. The maximum atomic E-state index is 12.3. The van der Waals surface area contributed by atoms with E-state index < -0.39 is 6.10 Å². The molecule has 1 atom stereocenters. The molecule has 0 amide bonds. The molecule has 0 rings (SSSR count). The average molecular weight is 978 g/mol. The summed E-state index contributed by atoms with van der Waals surface area (Å²) in [5.41, 5.74) is 0. The van der Waals surface area contributed by atoms with Crippen molar-refractivity contribution < 1.29 is 24.2 Å². The summed E-state index contributed by atoms with van der Waals surface area (Å²) in [5, 5.41) is 9.64. The van der Waals surface area contributed by atoms with Crippen LogP contribution in [0.5, 0.6) is 0 Å². The highest BCUT2D eigenvalue weighted by Crippen LogP contribution is 2.17. The Bertz CT molecular complexity index is 1240. The van der Waals surface area contributed by atoms with Crippen molar-refractivity contribution in [3.8, 4) is 0 Å². The predicted octanol–water partition coefficient (Wildman–Crippen LogP) is 20.8. The monoisotopic (exact) mass is 977 g/mol. The number of ether oxygens (including phenoxy) is 2. The lowest BCUT2D eigenvalue weighted by atomic mass is 10.0. The fourth-order valence-corrected chi connectivity index (χ4v) is 8.93. The highest BCUT2D eigenvalue weighted by molar-refractivity contribution is 5.70. The van der Waals surface area contributed by atoms with E-state index in [4.69, 9.17) is 9.47 Å². The van der Waals surface area contributed by atoms with Crippen molar-refractivity contribution in [1.29, 1.82) is 0 Å². The molecule has 1 N–H and O–H groups in total. The van der Waals surface area contributed by atoms with E-state index in [2.05, 4.69) is 86.8 Å². The molecule has 70 heavy (non-hydrogen) atoms. The molecule has 0 spiro atoms. The predicted molar refractivity (Wildman–Crippen MR) is 306 cm³/mol. The Balaban J connectivity index is 3.39. The van der Waals surface area contributed by atoms with Gasteiger partial charge in [0.15, 0.2) is 6.10 Å². The van der Waals surface area contributed by atoms with Crippen molar-refractivity contribution in [3.63, 3.8) is 0 Å². The fraction of sp³-hybridized carbons (Fsp3) is 0.785. The van der Waals surface area contributed by atoms with Gasteiger partial charge in [0, 0.05) is 12.8 Å². The minimum Gasteiger partial charge on any atom is -0.462 e. The third kappa shape index (κ3) is 57.9. The van der Waals surface area contributed by atoms with E-state index in [9.17, 15) is 14.7 Å². The summed E-state index contributed by atoms with van der Waals surface area (Å²) in [6.07, 6.45) is 83.5. The Hall–Kier alpha value is -2.66. The zero-order valence-electron chi connectivity index (χ0n) is 46.5. The van der Waals surface area contributed by atoms with E-state index in [1.54, 1.807) is 0 Å². The minimum absolute atomic E-state index is 0.0739. The number of carbonyl (C=O) groups is 2. The zero-order valence-corrected chi connectivity index (χ0v) is 46.5. The van der Waals surface area contributed by atoms with E-state index in [0.29, 0.717) is 12.8 Å². The van der Waals surface area contributed by atoms with Crippen LogP contribution in [0.2, 0.25) is 0 Å². The number of hydrogen-bond acceptors (Lipinski definition) is 5. The van der Waals surface area contributed by atoms with Crippen LogP contribution in [0.4, 0.5) is 0 Å². The summed E-state index contributed by atoms with van der Waals surface area (Å²) in [7, 11) is 0. The van der Waals surface area contributed by atoms with E-state index in [1.807, 2.05) is 0 Å². The first-order chi connectivity index (χ1) is 34.6. The zero-order chi connectivity index (χ0) is 50.6. The van der Waals surface area contributed by atoms with Gasteiger partial charge in [-0.1, -0.05) is 286 Å². The molecule has 0 bridgehead atoms. The lowest BCUT2D eigenvalue weighted by Crippen LogP contribution is -2.28. The van der Waals surface area contributed by atoms with Gasteiger partial charge in [0.05, 0.1) is 6.61 Å². The molecule has 1 unspecified atom stereocenters. The standard InChI is InChI=1S/C65H116O5/c1-3-5-7-9-11-13-15-17-19-20-21-22-23-24-25-26-27-28-29-30-31-32-33-34-35-36-37-38-39-40-41-42-43-44-46-48-50-52-54-56-58-60-65(68)70-63(61-66)62-69-64(67)59-57-55-53-51-49-47-45-18-16-14-12-10-8-6-4-2/h6,8,12,14-15,17-18,20-21,23-24,45,63,66H,3-5,7,9-11,13,16,19,22,25-44,46-62H2,1-2H3/b8-6-,14-12-,17-15-,21-20-,24-23-,45-18-. The normalized spacial score (nSPS) is 12.7. The number of carbonyl (C=O) groups excluding carboxylic acids is 2. The van der Waals surface area contributed by atoms with E-state index in [0.717, 1.165) is 83.5 Å². The summed E-state index contributed by atoms with van der Waals surface area (Å²) >= 11 is 0. The molecule has 0 saturated carbocycles. The number of aliphatic hydroxyl groups excluding tert-OH is 1. The topological polar surface area (TPSA) is 72.8 Å². The van der Waals surface area contributed by atoms with Crippen LogP contribution in [0.3, 0.4) is 0 Å². The third-order valence-corrected chi connectivity index (χ3v) is 13.5. The maximum absolute atomic E-state index is 12.3. The average Bonchev–Trinajstić information content (AvgIpc) is 3.36. The number of allylic oxidation sites excluding steroid dienone is 12. The van der Waals surface area contributed by atoms with Gasteiger partial charge in [-0.15, -0.1) is 0 Å². The molecule has 0 aliphatic rings. The molecule has 0 aromatic rings. The van der Waals surface area contributed by atoms with Gasteiger partial charge >= 0.3 is 11.9 Å². The highest BCUT2D eigenvalue weighted by Gasteiger charge is 2.16. The molecule has 0 aliphatic carbocycles. The molecule has 0 aliphatic heterocycles. The quantitative estimate of drug-likeness (QED) is 0.0373. The molecule has 0 radical (unpaired) electrons. The SMILES string of the molecule is CC/C=C\C/C=C\C/C=C\CCCCCCCC(=O)OCC(CO)OC(=O)CCCCCCCCCCCCCCCCCCCCCCCCCCCC/C=C\C/C=C\C/C=C\CCCCCCC. The van der Waals surface area contributed by atoms with Crippen LogP contribution in [0.15, 0.2) is 72.9 Å². The lowest BCUT2D eigenvalue weighted by Gasteiger charge is -2.15. The number of hydrogen-bond donors (Lipinski definition) is 1. The summed E-state index contributed by atoms with van der Waals surface area (Å²) in [5.74, 6) is -0.601. The van der Waals surface area contributed by atoms with Gasteiger partial charge in [-0.2, -0.15) is 0 Å². The first-order valence-electron chi connectivity index (χ1n) is 30.5. The first-order valence-corrected chi connectivity index (χ1v) is 30.5. The van der Waals surface area contributed by atoms with Crippen LogP contribution in [-0.2, 0) is 19.1 Å². The Labute approximate surface area is 435 Å². The van der Waals surface area contributed by atoms with E-state index in [1.165, 1.54) is 199 Å². The van der Waals surface area contributed by atoms with Gasteiger partial charge in [0.1, 0.15) is 6.61 Å². The van der Waals surface area contributed by atoms with Crippen molar-refractivity contribution in [3.05, 3.63) is 72.9 Å². The molecule has 0 saturated heterocycles.